The summed E-state index contributed by atoms with van der Waals surface area (Å²) in [6, 6.07) is 21.6. The number of carbonyl (C=O) groups is 1. The standard InChI is InChI=1S/C23H18N4OS/c1-15-11-18(13-24)23(27-22(15)17-5-3-2-4-6-17)29-14-21(28)26-19-8-7-16-9-10-25-20(16)12-19/h2-12,25H,14H2,1H3,(H,26,28). The summed E-state index contributed by atoms with van der Waals surface area (Å²) in [6.07, 6.45) is 1.86. The van der Waals surface area contributed by atoms with Crippen molar-refractivity contribution in [2.45, 2.75) is 11.9 Å². The second-order valence-electron chi connectivity index (χ2n) is 6.60. The number of hydrogen-bond donors (Lipinski definition) is 2. The van der Waals surface area contributed by atoms with Gasteiger partial charge in [0.25, 0.3) is 0 Å². The highest BCUT2D eigenvalue weighted by atomic mass is 32.2. The van der Waals surface area contributed by atoms with Gasteiger partial charge in [-0.25, -0.2) is 4.98 Å². The van der Waals surface area contributed by atoms with E-state index in [0.717, 1.165) is 33.4 Å². The van der Waals surface area contributed by atoms with Gasteiger partial charge in [0.2, 0.25) is 5.91 Å². The number of amides is 1. The predicted octanol–water partition coefficient (Wildman–Crippen LogP) is 5.14. The number of H-pyrrole nitrogens is 1. The van der Waals surface area contributed by atoms with Crippen molar-refractivity contribution < 1.29 is 4.79 Å². The summed E-state index contributed by atoms with van der Waals surface area (Å²) in [5.74, 6) is 0.0234. The molecule has 6 heteroatoms. The number of nitriles is 1. The summed E-state index contributed by atoms with van der Waals surface area (Å²) in [4.78, 5) is 20.2. The molecule has 4 rings (SSSR count). The first-order valence-corrected chi connectivity index (χ1v) is 10.1. The van der Waals surface area contributed by atoms with Crippen molar-refractivity contribution in [2.24, 2.45) is 0 Å². The van der Waals surface area contributed by atoms with Crippen molar-refractivity contribution >= 4 is 34.3 Å². The van der Waals surface area contributed by atoms with Crippen molar-refractivity contribution in [1.82, 2.24) is 9.97 Å². The molecule has 0 fully saturated rings. The molecule has 1 amide bonds. The van der Waals surface area contributed by atoms with Crippen molar-refractivity contribution in [3.05, 3.63) is 78.0 Å². The maximum Gasteiger partial charge on any atom is 0.234 e. The number of anilines is 1. The lowest BCUT2D eigenvalue weighted by atomic mass is 10.1. The Kier molecular flexibility index (Phi) is 5.32. The molecular weight excluding hydrogens is 380 g/mol. The molecule has 2 N–H and O–H groups in total. The van der Waals surface area contributed by atoms with Crippen molar-refractivity contribution in [3.8, 4) is 17.3 Å². The second-order valence-corrected chi connectivity index (χ2v) is 7.57. The summed E-state index contributed by atoms with van der Waals surface area (Å²) in [5, 5.41) is 14.0. The van der Waals surface area contributed by atoms with Crippen LogP contribution in [0, 0.1) is 18.3 Å². The topological polar surface area (TPSA) is 81.6 Å². The van der Waals surface area contributed by atoms with Crippen LogP contribution in [0.15, 0.2) is 71.9 Å². The first-order chi connectivity index (χ1) is 14.1. The fraction of sp³-hybridized carbons (Fsp3) is 0.0870. The van der Waals surface area contributed by atoms with Gasteiger partial charge in [0.05, 0.1) is 17.0 Å². The number of benzene rings is 2. The van der Waals surface area contributed by atoms with Gasteiger partial charge in [-0.15, -0.1) is 0 Å². The molecule has 0 spiro atoms. The molecule has 2 heterocycles. The van der Waals surface area contributed by atoms with E-state index in [1.807, 2.05) is 73.8 Å². The fourth-order valence-corrected chi connectivity index (χ4v) is 3.89. The van der Waals surface area contributed by atoms with Crippen LogP contribution in [-0.4, -0.2) is 21.6 Å². The normalized spacial score (nSPS) is 10.6. The summed E-state index contributed by atoms with van der Waals surface area (Å²) >= 11 is 1.27. The third kappa shape index (κ3) is 4.15. The first kappa shape index (κ1) is 18.8. The Morgan fingerprint density at radius 3 is 2.79 bits per heavy atom. The van der Waals surface area contributed by atoms with Gasteiger partial charge in [-0.1, -0.05) is 48.2 Å². The zero-order valence-electron chi connectivity index (χ0n) is 15.8. The maximum absolute atomic E-state index is 12.4. The summed E-state index contributed by atoms with van der Waals surface area (Å²) in [5.41, 5.74) is 4.92. The highest BCUT2D eigenvalue weighted by Crippen LogP contribution is 2.28. The van der Waals surface area contributed by atoms with Gasteiger partial charge in [0.1, 0.15) is 11.1 Å². The zero-order valence-corrected chi connectivity index (χ0v) is 16.6. The molecule has 0 bridgehead atoms. The molecule has 29 heavy (non-hydrogen) atoms. The SMILES string of the molecule is Cc1cc(C#N)c(SCC(=O)Nc2ccc3cc[nH]c3c2)nc1-c1ccccc1. The molecular formula is C23H18N4OS. The number of rotatable bonds is 5. The van der Waals surface area contributed by atoms with Gasteiger partial charge in [-0.3, -0.25) is 4.79 Å². The Labute approximate surface area is 172 Å². The van der Waals surface area contributed by atoms with Gasteiger partial charge in [-0.05, 0) is 42.1 Å². The van der Waals surface area contributed by atoms with Crippen LogP contribution in [0.25, 0.3) is 22.2 Å². The molecule has 0 unspecified atom stereocenters. The highest BCUT2D eigenvalue weighted by Gasteiger charge is 2.13. The Bertz CT molecular complexity index is 1220. The predicted molar refractivity (Wildman–Crippen MR) is 117 cm³/mol. The van der Waals surface area contributed by atoms with E-state index in [0.29, 0.717) is 10.6 Å². The van der Waals surface area contributed by atoms with Crippen LogP contribution in [0.3, 0.4) is 0 Å². The minimum Gasteiger partial charge on any atom is -0.361 e. The van der Waals surface area contributed by atoms with Gasteiger partial charge >= 0.3 is 0 Å². The van der Waals surface area contributed by atoms with Crippen molar-refractivity contribution in [1.29, 1.82) is 5.26 Å². The maximum atomic E-state index is 12.4. The van der Waals surface area contributed by atoms with Crippen LogP contribution >= 0.6 is 11.8 Å². The van der Waals surface area contributed by atoms with E-state index in [2.05, 4.69) is 21.4 Å². The van der Waals surface area contributed by atoms with Gasteiger partial charge < -0.3 is 10.3 Å². The average Bonchev–Trinajstić information content (AvgIpc) is 3.21. The van der Waals surface area contributed by atoms with Crippen LogP contribution < -0.4 is 5.32 Å². The van der Waals surface area contributed by atoms with E-state index in [4.69, 9.17) is 0 Å². The van der Waals surface area contributed by atoms with E-state index in [-0.39, 0.29) is 11.7 Å². The monoisotopic (exact) mass is 398 g/mol. The van der Waals surface area contributed by atoms with Crippen LogP contribution in [0.1, 0.15) is 11.1 Å². The molecule has 2 aromatic carbocycles. The van der Waals surface area contributed by atoms with Gasteiger partial charge in [0, 0.05) is 23.0 Å². The van der Waals surface area contributed by atoms with E-state index >= 15 is 0 Å². The van der Waals surface area contributed by atoms with E-state index < -0.39 is 0 Å². The molecule has 0 atom stereocenters. The molecule has 0 saturated heterocycles. The number of pyridine rings is 1. The fourth-order valence-electron chi connectivity index (χ4n) is 3.13. The Morgan fingerprint density at radius 1 is 1.17 bits per heavy atom. The molecule has 0 aliphatic heterocycles. The summed E-state index contributed by atoms with van der Waals surface area (Å²) < 4.78 is 0. The molecule has 0 aliphatic carbocycles. The summed E-state index contributed by atoms with van der Waals surface area (Å²) in [7, 11) is 0. The number of hydrogen-bond acceptors (Lipinski definition) is 4. The molecule has 4 aromatic rings. The average molecular weight is 398 g/mol. The molecule has 2 aromatic heterocycles. The summed E-state index contributed by atoms with van der Waals surface area (Å²) in [6.45, 7) is 1.94. The quantitative estimate of drug-likeness (QED) is 0.456. The Hall–Kier alpha value is -3.56. The molecule has 142 valence electrons. The van der Waals surface area contributed by atoms with Gasteiger partial charge in [-0.2, -0.15) is 5.26 Å². The Balaban J connectivity index is 1.51. The lowest BCUT2D eigenvalue weighted by Gasteiger charge is -2.10. The molecule has 0 radical (unpaired) electrons. The van der Waals surface area contributed by atoms with Crippen LogP contribution in [0.5, 0.6) is 0 Å². The first-order valence-electron chi connectivity index (χ1n) is 9.11. The molecule has 0 aliphatic rings. The van der Waals surface area contributed by atoms with Gasteiger partial charge in [0.15, 0.2) is 0 Å². The van der Waals surface area contributed by atoms with E-state index in [1.54, 1.807) is 0 Å². The number of nitrogens with one attached hydrogen (secondary N) is 2. The van der Waals surface area contributed by atoms with Crippen LogP contribution in [0.2, 0.25) is 0 Å². The number of aromatic nitrogens is 2. The minimum atomic E-state index is -0.145. The van der Waals surface area contributed by atoms with Crippen molar-refractivity contribution in [2.75, 3.05) is 11.1 Å². The Morgan fingerprint density at radius 2 is 2.00 bits per heavy atom. The smallest absolute Gasteiger partial charge is 0.234 e. The minimum absolute atomic E-state index is 0.145. The largest absolute Gasteiger partial charge is 0.361 e. The highest BCUT2D eigenvalue weighted by molar-refractivity contribution is 8.00. The van der Waals surface area contributed by atoms with Crippen LogP contribution in [0.4, 0.5) is 5.69 Å². The zero-order chi connectivity index (χ0) is 20.2. The van der Waals surface area contributed by atoms with Crippen molar-refractivity contribution in [3.63, 3.8) is 0 Å². The van der Waals surface area contributed by atoms with E-state index in [1.165, 1.54) is 11.8 Å². The third-order valence-corrected chi connectivity index (χ3v) is 5.52. The number of nitrogens with zero attached hydrogens (tertiary/aromatic N) is 2. The molecule has 5 nitrogen and oxygen atoms in total. The van der Waals surface area contributed by atoms with Crippen LogP contribution in [-0.2, 0) is 4.79 Å². The lowest BCUT2D eigenvalue weighted by molar-refractivity contribution is -0.113. The number of carbonyl (C=O) groups excluding carboxylic acids is 1. The number of aryl methyl sites for hydroxylation is 1. The third-order valence-electron chi connectivity index (χ3n) is 4.52. The number of thioether (sulfide) groups is 1. The second kappa shape index (κ2) is 8.21. The van der Waals surface area contributed by atoms with E-state index in [9.17, 15) is 10.1 Å². The number of fused-ring (bicyclic) bond motifs is 1. The molecule has 0 saturated carbocycles. The lowest BCUT2D eigenvalue weighted by Crippen LogP contribution is -2.14. The number of aromatic amines is 1.